The van der Waals surface area contributed by atoms with E-state index < -0.39 is 38.2 Å². The van der Waals surface area contributed by atoms with Crippen molar-refractivity contribution in [2.45, 2.75) is 12.5 Å². The van der Waals surface area contributed by atoms with Crippen LogP contribution in [0, 0.1) is 0 Å². The Kier molecular flexibility index (Phi) is 5.52. The van der Waals surface area contributed by atoms with Gasteiger partial charge in [-0.05, 0) is 0 Å². The molecule has 0 aromatic heterocycles. The molecule has 0 unspecified atom stereocenters. The number of carbonyl (C=O) groups is 2. The number of nitrogens with one attached hydrogen (secondary N) is 1. The fourth-order valence-corrected chi connectivity index (χ4v) is 1.91. The lowest BCUT2D eigenvalue weighted by atomic mass is 10.2. The molecular weight excluding hydrogens is 261 g/mol. The number of aliphatic carboxylic acids is 2. The summed E-state index contributed by atoms with van der Waals surface area (Å²) in [6.07, 6.45) is -1.55. The van der Waals surface area contributed by atoms with E-state index in [-0.39, 0.29) is 4.99 Å². The quantitative estimate of drug-likeness (QED) is 0.303. The van der Waals surface area contributed by atoms with E-state index in [0.717, 1.165) is 0 Å². The van der Waals surface area contributed by atoms with Crippen LogP contribution in [-0.4, -0.2) is 49.1 Å². The van der Waals surface area contributed by atoms with Crippen LogP contribution in [0.15, 0.2) is 0 Å². The summed E-state index contributed by atoms with van der Waals surface area (Å²) in [5.41, 5.74) is 0. The number of hydrogen-bond donors (Lipinski definition) is 5. The van der Waals surface area contributed by atoms with Crippen molar-refractivity contribution in [1.82, 2.24) is 5.32 Å². The molecular formula is C6H10NO7PS. The van der Waals surface area contributed by atoms with Crippen LogP contribution in [-0.2, 0) is 14.2 Å². The van der Waals surface area contributed by atoms with Crippen LogP contribution >= 0.6 is 19.8 Å². The fourth-order valence-electron chi connectivity index (χ4n) is 0.802. The van der Waals surface area contributed by atoms with Gasteiger partial charge in [0.25, 0.3) is 0 Å². The van der Waals surface area contributed by atoms with Crippen LogP contribution in [0.25, 0.3) is 0 Å². The van der Waals surface area contributed by atoms with E-state index in [1.54, 1.807) is 0 Å². The van der Waals surface area contributed by atoms with Crippen LogP contribution < -0.4 is 5.32 Å². The SMILES string of the molecule is O=C(O)C[C@H](NC(=S)CP(=O)(O)O)C(=O)O. The van der Waals surface area contributed by atoms with Gasteiger partial charge in [0.15, 0.2) is 0 Å². The van der Waals surface area contributed by atoms with E-state index in [2.05, 4.69) is 17.5 Å². The van der Waals surface area contributed by atoms with Crippen LogP contribution in [0.1, 0.15) is 6.42 Å². The van der Waals surface area contributed by atoms with Crippen LogP contribution in [0.5, 0.6) is 0 Å². The molecule has 16 heavy (non-hydrogen) atoms. The van der Waals surface area contributed by atoms with Gasteiger partial charge in [-0.2, -0.15) is 0 Å². The number of carboxylic acid groups (broad SMARTS) is 2. The molecule has 0 spiro atoms. The Morgan fingerprint density at radius 2 is 1.81 bits per heavy atom. The monoisotopic (exact) mass is 271 g/mol. The van der Waals surface area contributed by atoms with Crippen LogP contribution in [0.3, 0.4) is 0 Å². The summed E-state index contributed by atoms with van der Waals surface area (Å²) in [5, 5.41) is 19.0. The van der Waals surface area contributed by atoms with Gasteiger partial charge in [-0.25, -0.2) is 4.79 Å². The van der Waals surface area contributed by atoms with Crippen molar-refractivity contribution in [2.75, 3.05) is 6.16 Å². The van der Waals surface area contributed by atoms with Gasteiger partial charge < -0.3 is 25.3 Å². The fraction of sp³-hybridized carbons (Fsp3) is 0.500. The Bertz CT molecular complexity index is 351. The maximum absolute atomic E-state index is 10.6. The zero-order valence-corrected chi connectivity index (χ0v) is 9.57. The summed E-state index contributed by atoms with van der Waals surface area (Å²) in [6.45, 7) is 0. The van der Waals surface area contributed by atoms with Crippen molar-refractivity contribution >= 4 is 36.7 Å². The molecule has 0 radical (unpaired) electrons. The second-order valence-corrected chi connectivity index (χ2v) is 5.02. The first kappa shape index (κ1) is 15.0. The molecule has 0 bridgehead atoms. The summed E-state index contributed by atoms with van der Waals surface area (Å²) in [5.74, 6) is -2.82. The molecule has 0 heterocycles. The predicted octanol–water partition coefficient (Wildman–Crippen LogP) is -0.991. The Morgan fingerprint density at radius 3 is 2.12 bits per heavy atom. The minimum Gasteiger partial charge on any atom is -0.481 e. The van der Waals surface area contributed by atoms with Gasteiger partial charge in [-0.3, -0.25) is 9.36 Å². The van der Waals surface area contributed by atoms with Crippen molar-refractivity contribution < 1.29 is 34.2 Å². The molecule has 0 aliphatic rings. The first-order valence-corrected chi connectivity index (χ1v) is 6.11. The Hall–Kier alpha value is -1.02. The van der Waals surface area contributed by atoms with Gasteiger partial charge in [-0.15, -0.1) is 0 Å². The molecule has 0 saturated heterocycles. The third-order valence-corrected chi connectivity index (χ3v) is 2.57. The topological polar surface area (TPSA) is 144 Å². The molecule has 92 valence electrons. The molecule has 0 aromatic carbocycles. The second-order valence-electron chi connectivity index (χ2n) is 2.88. The standard InChI is InChI=1S/C6H10NO7PS/c8-5(9)1-3(6(10)11)7-4(16)2-15(12,13)14/h3H,1-2H2,(H,7,16)(H,8,9)(H,10,11)(H2,12,13,14)/t3-/m0/s1. The van der Waals surface area contributed by atoms with Crippen molar-refractivity contribution in [1.29, 1.82) is 0 Å². The Morgan fingerprint density at radius 1 is 1.31 bits per heavy atom. The third kappa shape index (κ3) is 7.30. The molecule has 0 aliphatic carbocycles. The Balaban J connectivity index is 4.41. The van der Waals surface area contributed by atoms with Crippen molar-refractivity contribution in [3.8, 4) is 0 Å². The average Bonchev–Trinajstić information content (AvgIpc) is 1.97. The average molecular weight is 271 g/mol. The van der Waals surface area contributed by atoms with E-state index in [9.17, 15) is 14.2 Å². The van der Waals surface area contributed by atoms with Gasteiger partial charge >= 0.3 is 19.5 Å². The van der Waals surface area contributed by atoms with Gasteiger partial charge in [0, 0.05) is 0 Å². The highest BCUT2D eigenvalue weighted by Gasteiger charge is 2.24. The Labute approximate surface area is 95.4 Å². The lowest BCUT2D eigenvalue weighted by molar-refractivity contribution is -0.145. The highest BCUT2D eigenvalue weighted by molar-refractivity contribution is 7.81. The molecule has 0 fully saturated rings. The van der Waals surface area contributed by atoms with E-state index in [4.69, 9.17) is 20.0 Å². The van der Waals surface area contributed by atoms with Crippen LogP contribution in [0.4, 0.5) is 0 Å². The maximum atomic E-state index is 10.6. The first-order chi connectivity index (χ1) is 7.11. The first-order valence-electron chi connectivity index (χ1n) is 3.90. The minimum absolute atomic E-state index is 0.387. The number of carboxylic acids is 2. The third-order valence-electron chi connectivity index (χ3n) is 1.36. The predicted molar refractivity (Wildman–Crippen MR) is 56.3 cm³/mol. The van der Waals surface area contributed by atoms with Crippen LogP contribution in [0.2, 0.25) is 0 Å². The zero-order valence-electron chi connectivity index (χ0n) is 7.86. The van der Waals surface area contributed by atoms with E-state index in [1.807, 2.05) is 0 Å². The second kappa shape index (κ2) is 5.90. The molecule has 0 aliphatic heterocycles. The lowest BCUT2D eigenvalue weighted by Gasteiger charge is -2.14. The van der Waals surface area contributed by atoms with Gasteiger partial charge in [0.2, 0.25) is 0 Å². The smallest absolute Gasteiger partial charge is 0.332 e. The highest BCUT2D eigenvalue weighted by atomic mass is 32.1. The summed E-state index contributed by atoms with van der Waals surface area (Å²) >= 11 is 4.49. The molecule has 1 atom stereocenters. The molecule has 0 saturated carbocycles. The summed E-state index contributed by atoms with van der Waals surface area (Å²) in [4.78, 5) is 37.5. The molecule has 5 N–H and O–H groups in total. The minimum atomic E-state index is -4.39. The molecule has 0 rings (SSSR count). The van der Waals surface area contributed by atoms with Crippen molar-refractivity contribution in [2.24, 2.45) is 0 Å². The van der Waals surface area contributed by atoms with Crippen molar-refractivity contribution in [3.05, 3.63) is 0 Å². The van der Waals surface area contributed by atoms with Gasteiger partial charge in [-0.1, -0.05) is 12.2 Å². The van der Waals surface area contributed by atoms with Crippen molar-refractivity contribution in [3.63, 3.8) is 0 Å². The molecule has 8 nitrogen and oxygen atoms in total. The summed E-state index contributed by atoms with van der Waals surface area (Å²) < 4.78 is 10.5. The summed E-state index contributed by atoms with van der Waals surface area (Å²) in [7, 11) is -4.39. The number of hydrogen-bond acceptors (Lipinski definition) is 4. The highest BCUT2D eigenvalue weighted by Crippen LogP contribution is 2.33. The zero-order chi connectivity index (χ0) is 12.9. The van der Waals surface area contributed by atoms with E-state index in [0.29, 0.717) is 0 Å². The van der Waals surface area contributed by atoms with Gasteiger partial charge in [0.1, 0.15) is 12.2 Å². The van der Waals surface area contributed by atoms with Gasteiger partial charge in [0.05, 0.1) is 11.4 Å². The normalized spacial score (nSPS) is 12.9. The van der Waals surface area contributed by atoms with E-state index in [1.165, 1.54) is 0 Å². The number of rotatable bonds is 6. The molecule has 0 aromatic rings. The number of thiocarbonyl (C=S) groups is 1. The molecule has 0 amide bonds. The maximum Gasteiger partial charge on any atom is 0.332 e. The largest absolute Gasteiger partial charge is 0.481 e. The summed E-state index contributed by atoms with van der Waals surface area (Å²) in [6, 6.07) is -1.50. The molecule has 10 heteroatoms. The van der Waals surface area contributed by atoms with E-state index >= 15 is 0 Å². The lowest BCUT2D eigenvalue weighted by Crippen LogP contribution is -2.42.